The minimum absolute atomic E-state index is 0.603. The van der Waals surface area contributed by atoms with Crippen molar-refractivity contribution in [2.24, 2.45) is 0 Å². The molecule has 10 aromatic rings. The molecular formula is C43H25N3O2. The van der Waals surface area contributed by atoms with E-state index in [9.17, 15) is 0 Å². The first-order valence-electron chi connectivity index (χ1n) is 15.9. The van der Waals surface area contributed by atoms with Gasteiger partial charge in [0.05, 0.1) is 0 Å². The summed E-state index contributed by atoms with van der Waals surface area (Å²) in [6.45, 7) is 0. The molecule has 0 spiro atoms. The van der Waals surface area contributed by atoms with Crippen LogP contribution in [0, 0.1) is 0 Å². The van der Waals surface area contributed by atoms with Crippen LogP contribution in [-0.4, -0.2) is 15.0 Å². The molecule has 3 aromatic heterocycles. The summed E-state index contributed by atoms with van der Waals surface area (Å²) in [5, 5.41) is 6.60. The summed E-state index contributed by atoms with van der Waals surface area (Å²) in [5.74, 6) is 1.86. The predicted octanol–water partition coefficient (Wildman–Crippen LogP) is 11.5. The molecule has 7 aromatic carbocycles. The number of furan rings is 2. The van der Waals surface area contributed by atoms with E-state index in [1.165, 1.54) is 10.8 Å². The van der Waals surface area contributed by atoms with Crippen LogP contribution in [0.25, 0.3) is 99.9 Å². The van der Waals surface area contributed by atoms with Crippen LogP contribution in [0.3, 0.4) is 0 Å². The Labute approximate surface area is 274 Å². The van der Waals surface area contributed by atoms with Crippen molar-refractivity contribution < 1.29 is 8.83 Å². The van der Waals surface area contributed by atoms with Gasteiger partial charge in [0.15, 0.2) is 17.5 Å². The van der Waals surface area contributed by atoms with E-state index < -0.39 is 0 Å². The smallest absolute Gasteiger partial charge is 0.164 e. The molecular weight excluding hydrogens is 590 g/mol. The van der Waals surface area contributed by atoms with Gasteiger partial charge in [-0.1, -0.05) is 115 Å². The number of para-hydroxylation sites is 1. The van der Waals surface area contributed by atoms with E-state index in [-0.39, 0.29) is 0 Å². The average molecular weight is 616 g/mol. The van der Waals surface area contributed by atoms with Crippen LogP contribution >= 0.6 is 0 Å². The molecule has 0 aliphatic heterocycles. The highest BCUT2D eigenvalue weighted by molar-refractivity contribution is 6.19. The summed E-state index contributed by atoms with van der Waals surface area (Å²) in [7, 11) is 0. The quantitative estimate of drug-likeness (QED) is 0.197. The van der Waals surface area contributed by atoms with Crippen molar-refractivity contribution >= 4 is 54.6 Å². The van der Waals surface area contributed by atoms with Crippen molar-refractivity contribution in [3.05, 3.63) is 152 Å². The van der Waals surface area contributed by atoms with Gasteiger partial charge in [0.2, 0.25) is 0 Å². The summed E-state index contributed by atoms with van der Waals surface area (Å²) in [6, 6.07) is 51.6. The fraction of sp³-hybridized carbons (Fsp3) is 0. The van der Waals surface area contributed by atoms with Crippen LogP contribution in [0.1, 0.15) is 0 Å². The van der Waals surface area contributed by atoms with Gasteiger partial charge in [0, 0.05) is 38.2 Å². The van der Waals surface area contributed by atoms with Crippen molar-refractivity contribution in [2.45, 2.75) is 0 Å². The van der Waals surface area contributed by atoms with Gasteiger partial charge in [0.25, 0.3) is 0 Å². The van der Waals surface area contributed by atoms with Gasteiger partial charge in [-0.15, -0.1) is 0 Å². The number of rotatable bonds is 4. The largest absolute Gasteiger partial charge is 0.456 e. The van der Waals surface area contributed by atoms with Crippen LogP contribution in [0.15, 0.2) is 160 Å². The van der Waals surface area contributed by atoms with Gasteiger partial charge in [0.1, 0.15) is 22.3 Å². The molecule has 0 unspecified atom stereocenters. The Kier molecular flexibility index (Phi) is 5.81. The Morgan fingerprint density at radius 2 is 0.917 bits per heavy atom. The zero-order valence-electron chi connectivity index (χ0n) is 25.6. The van der Waals surface area contributed by atoms with Crippen LogP contribution in [0.2, 0.25) is 0 Å². The molecule has 5 nitrogen and oxygen atoms in total. The molecule has 0 amide bonds. The summed E-state index contributed by atoms with van der Waals surface area (Å²) >= 11 is 0. The molecule has 0 aliphatic carbocycles. The van der Waals surface area contributed by atoms with E-state index >= 15 is 0 Å². The zero-order chi connectivity index (χ0) is 31.6. The molecule has 0 radical (unpaired) electrons. The summed E-state index contributed by atoms with van der Waals surface area (Å²) in [5.41, 5.74) is 8.34. The molecule has 224 valence electrons. The van der Waals surface area contributed by atoms with Gasteiger partial charge < -0.3 is 8.83 Å². The second-order valence-electron chi connectivity index (χ2n) is 12.0. The van der Waals surface area contributed by atoms with Crippen molar-refractivity contribution in [3.8, 4) is 45.3 Å². The molecule has 5 heteroatoms. The third-order valence-corrected chi connectivity index (χ3v) is 9.13. The topological polar surface area (TPSA) is 65.0 Å². The minimum atomic E-state index is 0.603. The number of fused-ring (bicyclic) bond motifs is 8. The Bertz CT molecular complexity index is 2780. The lowest BCUT2D eigenvalue weighted by molar-refractivity contribution is 0.668. The van der Waals surface area contributed by atoms with Crippen LogP contribution in [0.4, 0.5) is 0 Å². The first-order valence-corrected chi connectivity index (χ1v) is 15.9. The maximum absolute atomic E-state index is 6.52. The predicted molar refractivity (Wildman–Crippen MR) is 194 cm³/mol. The Morgan fingerprint density at radius 1 is 0.333 bits per heavy atom. The second kappa shape index (κ2) is 10.5. The summed E-state index contributed by atoms with van der Waals surface area (Å²) in [4.78, 5) is 14.9. The number of nitrogens with zero attached hydrogens (tertiary/aromatic N) is 3. The van der Waals surface area contributed by atoms with E-state index in [1.807, 2.05) is 84.9 Å². The SMILES string of the molecule is c1ccc(-c2nc(-c3ccccc3)nc(-c3cccc4oc5cc(-c6ccc7ccc8oc9ccccc9c8c7c6)ccc5c34)n2)cc1. The Morgan fingerprint density at radius 3 is 1.71 bits per heavy atom. The summed E-state index contributed by atoms with van der Waals surface area (Å²) in [6.07, 6.45) is 0. The van der Waals surface area contributed by atoms with E-state index in [2.05, 4.69) is 66.7 Å². The Hall–Kier alpha value is -6.59. The van der Waals surface area contributed by atoms with E-state index in [4.69, 9.17) is 23.8 Å². The second-order valence-corrected chi connectivity index (χ2v) is 12.0. The highest BCUT2D eigenvalue weighted by Gasteiger charge is 2.18. The third-order valence-electron chi connectivity index (χ3n) is 9.13. The highest BCUT2D eigenvalue weighted by Crippen LogP contribution is 2.40. The van der Waals surface area contributed by atoms with E-state index in [1.54, 1.807) is 0 Å². The van der Waals surface area contributed by atoms with Crippen LogP contribution < -0.4 is 0 Å². The van der Waals surface area contributed by atoms with Gasteiger partial charge in [-0.2, -0.15) is 0 Å². The minimum Gasteiger partial charge on any atom is -0.456 e. The van der Waals surface area contributed by atoms with Crippen LogP contribution in [0.5, 0.6) is 0 Å². The maximum Gasteiger partial charge on any atom is 0.164 e. The third kappa shape index (κ3) is 4.22. The van der Waals surface area contributed by atoms with Gasteiger partial charge in [-0.05, 0) is 58.3 Å². The average Bonchev–Trinajstić information content (AvgIpc) is 3.73. The maximum atomic E-state index is 6.52. The van der Waals surface area contributed by atoms with E-state index in [0.29, 0.717) is 17.5 Å². The fourth-order valence-electron chi connectivity index (χ4n) is 6.84. The van der Waals surface area contributed by atoms with Crippen molar-refractivity contribution in [1.82, 2.24) is 15.0 Å². The van der Waals surface area contributed by atoms with E-state index in [0.717, 1.165) is 71.7 Å². The first kappa shape index (κ1) is 26.6. The molecule has 0 aliphatic rings. The first-order chi connectivity index (χ1) is 23.8. The molecule has 0 fully saturated rings. The molecule has 0 saturated carbocycles. The summed E-state index contributed by atoms with van der Waals surface area (Å²) < 4.78 is 12.7. The molecule has 3 heterocycles. The lowest BCUT2D eigenvalue weighted by atomic mass is 9.97. The number of hydrogen-bond acceptors (Lipinski definition) is 5. The fourth-order valence-corrected chi connectivity index (χ4v) is 6.84. The highest BCUT2D eigenvalue weighted by atomic mass is 16.3. The molecule has 48 heavy (non-hydrogen) atoms. The molecule has 0 bridgehead atoms. The molecule has 0 atom stereocenters. The lowest BCUT2D eigenvalue weighted by Gasteiger charge is -2.09. The van der Waals surface area contributed by atoms with Gasteiger partial charge in [-0.25, -0.2) is 15.0 Å². The molecule has 0 saturated heterocycles. The standard InChI is InChI=1S/C43H25N3O2/c1-3-10-27(11-4-1)41-44-42(28-12-5-2-6-13-28)46-43(45-41)33-15-9-17-36-39(33)32-22-20-30(25-38(32)48-36)29-19-18-26-21-23-37-40(34(26)24-29)31-14-7-8-16-35(31)47-37/h1-25H. The zero-order valence-corrected chi connectivity index (χ0v) is 25.6. The number of benzene rings is 7. The number of hydrogen-bond donors (Lipinski definition) is 0. The Balaban J connectivity index is 1.14. The van der Waals surface area contributed by atoms with Gasteiger partial charge in [-0.3, -0.25) is 0 Å². The monoisotopic (exact) mass is 615 g/mol. The van der Waals surface area contributed by atoms with Crippen molar-refractivity contribution in [1.29, 1.82) is 0 Å². The normalized spacial score (nSPS) is 11.8. The van der Waals surface area contributed by atoms with Gasteiger partial charge >= 0.3 is 0 Å². The molecule has 10 rings (SSSR count). The van der Waals surface area contributed by atoms with Crippen LogP contribution in [-0.2, 0) is 0 Å². The molecule has 0 N–H and O–H groups in total. The lowest BCUT2D eigenvalue weighted by Crippen LogP contribution is -2.00. The van der Waals surface area contributed by atoms with Crippen molar-refractivity contribution in [3.63, 3.8) is 0 Å². The van der Waals surface area contributed by atoms with Crippen molar-refractivity contribution in [2.75, 3.05) is 0 Å². The number of aromatic nitrogens is 3.